The van der Waals surface area contributed by atoms with Crippen molar-refractivity contribution in [2.24, 2.45) is 0 Å². The fraction of sp³-hybridized carbons (Fsp3) is 0.125. The van der Waals surface area contributed by atoms with Crippen molar-refractivity contribution in [3.63, 3.8) is 0 Å². The Morgan fingerprint density at radius 3 is 2.00 bits per heavy atom. The third-order valence-electron chi connectivity index (χ3n) is 1.18. The third kappa shape index (κ3) is 2.23. The molecule has 1 rings (SSSR count). The number of ketones is 1. The average Bonchev–Trinajstić information content (AvgIpc) is 1.90. The molecule has 1 aromatic rings. The summed E-state index contributed by atoms with van der Waals surface area (Å²) in [5, 5.41) is 0. The normalized spacial score (nSPS) is 8.10. The first kappa shape index (κ1) is 9.24. The maximum absolute atomic E-state index is 10.6. The van der Waals surface area contributed by atoms with Gasteiger partial charge in [0.15, 0.2) is 5.78 Å². The highest BCUT2D eigenvalue weighted by Crippen LogP contribution is 1.97. The van der Waals surface area contributed by atoms with Gasteiger partial charge < -0.3 is 0 Å². The molecule has 1 nitrogen and oxygen atoms in total. The van der Waals surface area contributed by atoms with E-state index in [9.17, 15) is 4.79 Å². The molecule has 0 radical (unpaired) electrons. The van der Waals surface area contributed by atoms with Crippen molar-refractivity contribution in [3.8, 4) is 0 Å². The minimum absolute atomic E-state index is 0. The molecule has 0 fully saturated rings. The van der Waals surface area contributed by atoms with E-state index in [-0.39, 0.29) is 19.3 Å². The molecule has 0 N–H and O–H groups in total. The highest BCUT2D eigenvalue weighted by Gasteiger charge is 1.92. The lowest BCUT2D eigenvalue weighted by Gasteiger charge is -1.89. The van der Waals surface area contributed by atoms with Crippen LogP contribution in [0.5, 0.6) is 0 Å². The number of hydrogen-bond donors (Lipinski definition) is 0. The van der Waals surface area contributed by atoms with Crippen LogP contribution in [0.2, 0.25) is 0 Å². The van der Waals surface area contributed by atoms with Crippen molar-refractivity contribution in [2.45, 2.75) is 6.92 Å². The first-order valence-electron chi connectivity index (χ1n) is 2.86. The predicted octanol–water partition coefficient (Wildman–Crippen LogP) is 2.00. The summed E-state index contributed by atoms with van der Waals surface area (Å²) in [4.78, 5) is 10.6. The number of carbonyl (C=O) groups excluding carboxylic acids is 1. The van der Waals surface area contributed by atoms with Crippen LogP contribution in [0.25, 0.3) is 0 Å². The highest BCUT2D eigenvalue weighted by atomic mass is 32.1. The van der Waals surface area contributed by atoms with Gasteiger partial charge in [0.05, 0.1) is 0 Å². The van der Waals surface area contributed by atoms with Gasteiger partial charge in [-0.1, -0.05) is 30.3 Å². The van der Waals surface area contributed by atoms with Crippen LogP contribution in [0, 0.1) is 0 Å². The summed E-state index contributed by atoms with van der Waals surface area (Å²) < 4.78 is 0. The maximum atomic E-state index is 10.6. The molecule has 0 bridgehead atoms. The van der Waals surface area contributed by atoms with Crippen molar-refractivity contribution in [3.05, 3.63) is 35.9 Å². The van der Waals surface area contributed by atoms with Gasteiger partial charge in [0.2, 0.25) is 0 Å². The zero-order chi connectivity index (χ0) is 6.69. The molecule has 1 aromatic carbocycles. The highest BCUT2D eigenvalue weighted by molar-refractivity contribution is 7.59. The topological polar surface area (TPSA) is 17.1 Å². The Morgan fingerprint density at radius 2 is 1.70 bits per heavy atom. The van der Waals surface area contributed by atoms with Gasteiger partial charge >= 0.3 is 0 Å². The van der Waals surface area contributed by atoms with Crippen LogP contribution in [0.1, 0.15) is 17.3 Å². The smallest absolute Gasteiger partial charge is 0.159 e. The second kappa shape index (κ2) is 4.12. The zero-order valence-electron chi connectivity index (χ0n) is 5.79. The Hall–Kier alpha value is -0.760. The summed E-state index contributed by atoms with van der Waals surface area (Å²) in [6, 6.07) is 9.23. The summed E-state index contributed by atoms with van der Waals surface area (Å²) in [5.74, 6) is 0.121. The molecule has 0 amide bonds. The minimum atomic E-state index is 0. The Labute approximate surface area is 67.5 Å². The first-order valence-corrected chi connectivity index (χ1v) is 2.86. The predicted molar refractivity (Wildman–Crippen MR) is 46.8 cm³/mol. The van der Waals surface area contributed by atoms with E-state index in [2.05, 4.69) is 0 Å². The molecule has 0 aliphatic carbocycles. The molecule has 0 spiro atoms. The van der Waals surface area contributed by atoms with Crippen LogP contribution < -0.4 is 0 Å². The number of benzene rings is 1. The molecular formula is C8H10OS. The maximum Gasteiger partial charge on any atom is 0.159 e. The molecular weight excluding hydrogens is 144 g/mol. The number of Topliss-reactive ketones (excluding diaryl/α,β-unsaturated/α-hetero) is 1. The van der Waals surface area contributed by atoms with Gasteiger partial charge in [-0.05, 0) is 6.92 Å². The molecule has 0 aromatic heterocycles. The van der Waals surface area contributed by atoms with E-state index in [1.165, 1.54) is 0 Å². The van der Waals surface area contributed by atoms with Crippen LogP contribution >= 0.6 is 13.5 Å². The summed E-state index contributed by atoms with van der Waals surface area (Å²) in [6.45, 7) is 1.56. The molecule has 2 heteroatoms. The molecule has 10 heavy (non-hydrogen) atoms. The molecule has 0 saturated carbocycles. The lowest BCUT2D eigenvalue weighted by atomic mass is 10.2. The Morgan fingerprint density at radius 1 is 1.20 bits per heavy atom. The van der Waals surface area contributed by atoms with E-state index in [1.807, 2.05) is 30.3 Å². The third-order valence-corrected chi connectivity index (χ3v) is 1.18. The van der Waals surface area contributed by atoms with E-state index in [4.69, 9.17) is 0 Å². The van der Waals surface area contributed by atoms with E-state index < -0.39 is 0 Å². The zero-order valence-corrected chi connectivity index (χ0v) is 6.79. The van der Waals surface area contributed by atoms with Gasteiger partial charge in [0, 0.05) is 5.56 Å². The summed E-state index contributed by atoms with van der Waals surface area (Å²) in [6.07, 6.45) is 0. The van der Waals surface area contributed by atoms with Gasteiger partial charge in [0.1, 0.15) is 0 Å². The minimum Gasteiger partial charge on any atom is -0.295 e. The monoisotopic (exact) mass is 154 g/mol. The fourth-order valence-corrected chi connectivity index (χ4v) is 0.673. The van der Waals surface area contributed by atoms with Gasteiger partial charge in [0.25, 0.3) is 0 Å². The Bertz CT molecular complexity index is 206. The summed E-state index contributed by atoms with van der Waals surface area (Å²) >= 11 is 0. The molecule has 0 unspecified atom stereocenters. The van der Waals surface area contributed by atoms with Crippen molar-refractivity contribution in [2.75, 3.05) is 0 Å². The fourth-order valence-electron chi connectivity index (χ4n) is 0.673. The van der Waals surface area contributed by atoms with Crippen LogP contribution in [-0.2, 0) is 0 Å². The van der Waals surface area contributed by atoms with Crippen molar-refractivity contribution >= 4 is 19.3 Å². The summed E-state index contributed by atoms with van der Waals surface area (Å²) in [5.41, 5.74) is 0.775. The molecule has 0 aliphatic heterocycles. The summed E-state index contributed by atoms with van der Waals surface area (Å²) in [7, 11) is 0. The second-order valence-corrected chi connectivity index (χ2v) is 1.92. The van der Waals surface area contributed by atoms with E-state index in [1.54, 1.807) is 6.92 Å². The van der Waals surface area contributed by atoms with Gasteiger partial charge in [-0.2, -0.15) is 13.5 Å². The van der Waals surface area contributed by atoms with Crippen molar-refractivity contribution < 1.29 is 4.79 Å². The van der Waals surface area contributed by atoms with Crippen molar-refractivity contribution in [1.82, 2.24) is 0 Å². The SMILES string of the molecule is CC(=O)c1ccccc1.S. The van der Waals surface area contributed by atoms with Crippen LogP contribution in [0.4, 0.5) is 0 Å². The number of hydrogen-bond acceptors (Lipinski definition) is 1. The van der Waals surface area contributed by atoms with Crippen LogP contribution in [0.3, 0.4) is 0 Å². The van der Waals surface area contributed by atoms with Crippen LogP contribution in [-0.4, -0.2) is 5.78 Å². The molecule has 0 aliphatic rings. The lowest BCUT2D eigenvalue weighted by molar-refractivity contribution is 0.101. The second-order valence-electron chi connectivity index (χ2n) is 1.92. The number of rotatable bonds is 1. The first-order chi connectivity index (χ1) is 4.30. The van der Waals surface area contributed by atoms with Crippen molar-refractivity contribution in [1.29, 1.82) is 0 Å². The van der Waals surface area contributed by atoms with Gasteiger partial charge in [-0.3, -0.25) is 4.79 Å². The van der Waals surface area contributed by atoms with Gasteiger partial charge in [-0.25, -0.2) is 0 Å². The van der Waals surface area contributed by atoms with E-state index in [0.29, 0.717) is 0 Å². The number of carbonyl (C=O) groups is 1. The van der Waals surface area contributed by atoms with E-state index >= 15 is 0 Å². The van der Waals surface area contributed by atoms with Gasteiger partial charge in [-0.15, -0.1) is 0 Å². The largest absolute Gasteiger partial charge is 0.295 e. The standard InChI is InChI=1S/C8H8O.H2S/c1-7(9)8-5-3-2-4-6-8;/h2-6H,1H3;1H2. The van der Waals surface area contributed by atoms with E-state index in [0.717, 1.165) is 5.56 Å². The lowest BCUT2D eigenvalue weighted by Crippen LogP contribution is -1.88. The quantitative estimate of drug-likeness (QED) is 0.565. The molecule has 54 valence electrons. The molecule has 0 saturated heterocycles. The molecule has 0 atom stereocenters. The Balaban J connectivity index is 0.000000810. The molecule has 0 heterocycles. The Kier molecular flexibility index (Phi) is 3.81. The van der Waals surface area contributed by atoms with Crippen LogP contribution in [0.15, 0.2) is 30.3 Å². The average molecular weight is 154 g/mol.